The number of fused-ring (bicyclic) bond motifs is 1. The Kier molecular flexibility index (Phi) is 6.36. The van der Waals surface area contributed by atoms with Crippen molar-refractivity contribution in [1.29, 1.82) is 0 Å². The number of aryl methyl sites for hydroxylation is 1. The molecule has 0 bridgehead atoms. The number of piperidine rings is 1. The van der Waals surface area contributed by atoms with Gasteiger partial charge in [-0.3, -0.25) is 9.59 Å². The van der Waals surface area contributed by atoms with Crippen LogP contribution in [0.2, 0.25) is 0 Å². The Morgan fingerprint density at radius 3 is 2.50 bits per heavy atom. The van der Waals surface area contributed by atoms with Crippen LogP contribution in [0.15, 0.2) is 52.2 Å². The van der Waals surface area contributed by atoms with Gasteiger partial charge < -0.3 is 14.6 Å². The summed E-state index contributed by atoms with van der Waals surface area (Å²) >= 11 is 1.03. The Hall–Kier alpha value is -2.69. The van der Waals surface area contributed by atoms with Crippen LogP contribution in [0.5, 0.6) is 5.75 Å². The average Bonchev–Trinajstić information content (AvgIpc) is 3.08. The fraction of sp³-hybridized carbons (Fsp3) is 0.364. The van der Waals surface area contributed by atoms with Gasteiger partial charge >= 0.3 is 4.87 Å². The van der Waals surface area contributed by atoms with Crippen molar-refractivity contribution < 1.29 is 17.9 Å². The summed E-state index contributed by atoms with van der Waals surface area (Å²) in [6, 6.07) is 11.9. The van der Waals surface area contributed by atoms with Crippen LogP contribution in [-0.2, 0) is 21.9 Å². The molecule has 1 amide bonds. The zero-order chi connectivity index (χ0) is 22.9. The van der Waals surface area contributed by atoms with Crippen LogP contribution in [-0.4, -0.2) is 42.9 Å². The third-order valence-corrected chi connectivity index (χ3v) is 8.55. The van der Waals surface area contributed by atoms with Crippen LogP contribution in [0.4, 0.5) is 5.69 Å². The van der Waals surface area contributed by atoms with Gasteiger partial charge in [-0.25, -0.2) is 8.42 Å². The summed E-state index contributed by atoms with van der Waals surface area (Å²) in [5, 5.41) is 2.90. The molecule has 0 atom stereocenters. The summed E-state index contributed by atoms with van der Waals surface area (Å²) in [6.45, 7) is 3.03. The number of hydrogen-bond acceptors (Lipinski definition) is 6. The van der Waals surface area contributed by atoms with E-state index in [4.69, 9.17) is 4.74 Å². The van der Waals surface area contributed by atoms with E-state index in [-0.39, 0.29) is 34.7 Å². The molecule has 1 saturated heterocycles. The predicted molar refractivity (Wildman–Crippen MR) is 125 cm³/mol. The van der Waals surface area contributed by atoms with Crippen molar-refractivity contribution in [3.63, 3.8) is 0 Å². The van der Waals surface area contributed by atoms with E-state index in [2.05, 4.69) is 5.32 Å². The Balaban J connectivity index is 1.40. The lowest BCUT2D eigenvalue weighted by molar-refractivity contribution is -0.120. The van der Waals surface area contributed by atoms with Crippen molar-refractivity contribution in [3.05, 3.63) is 52.1 Å². The van der Waals surface area contributed by atoms with Gasteiger partial charge in [0.1, 0.15) is 5.75 Å². The molecule has 32 heavy (non-hydrogen) atoms. The van der Waals surface area contributed by atoms with Crippen molar-refractivity contribution in [1.82, 2.24) is 8.87 Å². The van der Waals surface area contributed by atoms with Crippen LogP contribution in [0.1, 0.15) is 19.8 Å². The molecular formula is C22H25N3O5S2. The molecule has 1 aliphatic heterocycles. The van der Waals surface area contributed by atoms with Gasteiger partial charge in [0.2, 0.25) is 15.9 Å². The summed E-state index contributed by atoms with van der Waals surface area (Å²) in [7, 11) is -2.03. The number of nitrogens with zero attached hydrogens (tertiary/aromatic N) is 2. The van der Waals surface area contributed by atoms with E-state index >= 15 is 0 Å². The van der Waals surface area contributed by atoms with E-state index in [0.29, 0.717) is 35.4 Å². The smallest absolute Gasteiger partial charge is 0.307 e. The lowest BCUT2D eigenvalue weighted by Gasteiger charge is -2.30. The standard InChI is InChI=1S/C22H25N3O5S2/c1-3-30-17-6-4-16(5-7-17)23-21(26)15-10-12-25(13-11-15)32(28,29)18-8-9-19-20(14-18)31-22(27)24(19)2/h4-9,14-15H,3,10-13H2,1-2H3,(H,23,26). The number of carbonyl (C=O) groups excluding carboxylic acids is 1. The SMILES string of the molecule is CCOc1ccc(NC(=O)C2CCN(S(=O)(=O)c3ccc4c(c3)sc(=O)n4C)CC2)cc1. The van der Waals surface area contributed by atoms with Gasteiger partial charge in [0.15, 0.2) is 0 Å². The third-order valence-electron chi connectivity index (χ3n) is 5.66. The molecule has 3 aromatic rings. The summed E-state index contributed by atoms with van der Waals surface area (Å²) in [5.74, 6) is 0.376. The molecule has 1 fully saturated rings. The highest BCUT2D eigenvalue weighted by Gasteiger charge is 2.32. The molecule has 0 saturated carbocycles. The minimum Gasteiger partial charge on any atom is -0.494 e. The third kappa shape index (κ3) is 4.43. The molecule has 1 N–H and O–H groups in total. The van der Waals surface area contributed by atoms with E-state index in [9.17, 15) is 18.0 Å². The predicted octanol–water partition coefficient (Wildman–Crippen LogP) is 3.04. The molecule has 8 nitrogen and oxygen atoms in total. The van der Waals surface area contributed by atoms with Crippen molar-refractivity contribution in [2.45, 2.75) is 24.7 Å². The maximum absolute atomic E-state index is 13.1. The molecule has 0 radical (unpaired) electrons. The van der Waals surface area contributed by atoms with Gasteiger partial charge in [0.05, 0.1) is 21.7 Å². The fourth-order valence-corrected chi connectivity index (χ4v) is 6.32. The largest absolute Gasteiger partial charge is 0.494 e. The zero-order valence-corrected chi connectivity index (χ0v) is 19.5. The first-order chi connectivity index (χ1) is 15.3. The summed E-state index contributed by atoms with van der Waals surface area (Å²) in [4.78, 5) is 24.5. The normalized spacial score (nSPS) is 15.7. The molecule has 2 aromatic carbocycles. The fourth-order valence-electron chi connectivity index (χ4n) is 3.83. The lowest BCUT2D eigenvalue weighted by atomic mass is 9.97. The van der Waals surface area contributed by atoms with Crippen molar-refractivity contribution in [3.8, 4) is 5.75 Å². The number of sulfonamides is 1. The van der Waals surface area contributed by atoms with E-state index < -0.39 is 10.0 Å². The van der Waals surface area contributed by atoms with Crippen LogP contribution < -0.4 is 14.9 Å². The summed E-state index contributed by atoms with van der Waals surface area (Å²) in [5.41, 5.74) is 1.40. The second-order valence-electron chi connectivity index (χ2n) is 7.68. The van der Waals surface area contributed by atoms with E-state index in [1.165, 1.54) is 14.9 Å². The Morgan fingerprint density at radius 1 is 1.16 bits per heavy atom. The lowest BCUT2D eigenvalue weighted by Crippen LogP contribution is -2.41. The zero-order valence-electron chi connectivity index (χ0n) is 17.9. The molecule has 2 heterocycles. The number of ether oxygens (including phenoxy) is 1. The molecular weight excluding hydrogens is 450 g/mol. The maximum atomic E-state index is 13.1. The molecule has 0 spiro atoms. The highest BCUT2D eigenvalue weighted by Crippen LogP contribution is 2.28. The van der Waals surface area contributed by atoms with E-state index in [1.807, 2.05) is 6.92 Å². The van der Waals surface area contributed by atoms with Crippen LogP contribution in [0, 0.1) is 5.92 Å². The van der Waals surface area contributed by atoms with E-state index in [1.54, 1.807) is 43.4 Å². The van der Waals surface area contributed by atoms with Gasteiger partial charge in [0.25, 0.3) is 0 Å². The number of thiazole rings is 1. The number of aromatic nitrogens is 1. The molecule has 0 aliphatic carbocycles. The Morgan fingerprint density at radius 2 is 1.84 bits per heavy atom. The molecule has 0 unspecified atom stereocenters. The Labute approximate surface area is 190 Å². The minimum absolute atomic E-state index is 0.110. The monoisotopic (exact) mass is 475 g/mol. The summed E-state index contributed by atoms with van der Waals surface area (Å²) in [6.07, 6.45) is 0.895. The van der Waals surface area contributed by atoms with Crippen molar-refractivity contribution in [2.24, 2.45) is 13.0 Å². The van der Waals surface area contributed by atoms with Crippen molar-refractivity contribution in [2.75, 3.05) is 25.0 Å². The van der Waals surface area contributed by atoms with Gasteiger partial charge in [-0.2, -0.15) is 4.31 Å². The number of amides is 1. The first-order valence-electron chi connectivity index (χ1n) is 10.4. The minimum atomic E-state index is -3.69. The Bertz CT molecular complexity index is 1290. The number of benzene rings is 2. The molecule has 10 heteroatoms. The second kappa shape index (κ2) is 9.05. The van der Waals surface area contributed by atoms with Crippen LogP contribution in [0.25, 0.3) is 10.2 Å². The molecule has 170 valence electrons. The molecule has 4 rings (SSSR count). The van der Waals surface area contributed by atoms with Gasteiger partial charge in [0, 0.05) is 31.7 Å². The number of nitrogens with one attached hydrogen (secondary N) is 1. The topological polar surface area (TPSA) is 97.7 Å². The van der Waals surface area contributed by atoms with Gasteiger partial charge in [-0.1, -0.05) is 11.3 Å². The van der Waals surface area contributed by atoms with Crippen LogP contribution >= 0.6 is 11.3 Å². The molecule has 1 aromatic heterocycles. The first kappa shape index (κ1) is 22.5. The summed E-state index contributed by atoms with van der Waals surface area (Å²) < 4.78 is 35.2. The van der Waals surface area contributed by atoms with Gasteiger partial charge in [-0.05, 0) is 62.2 Å². The van der Waals surface area contributed by atoms with E-state index in [0.717, 1.165) is 17.1 Å². The second-order valence-corrected chi connectivity index (χ2v) is 10.6. The van der Waals surface area contributed by atoms with Crippen molar-refractivity contribution >= 4 is 43.2 Å². The average molecular weight is 476 g/mol. The maximum Gasteiger partial charge on any atom is 0.307 e. The number of anilines is 1. The van der Waals surface area contributed by atoms with Gasteiger partial charge in [-0.15, -0.1) is 0 Å². The highest BCUT2D eigenvalue weighted by molar-refractivity contribution is 7.89. The number of carbonyl (C=O) groups is 1. The highest BCUT2D eigenvalue weighted by atomic mass is 32.2. The van der Waals surface area contributed by atoms with Crippen LogP contribution in [0.3, 0.4) is 0 Å². The number of hydrogen-bond donors (Lipinski definition) is 1. The number of rotatable bonds is 6. The first-order valence-corrected chi connectivity index (χ1v) is 12.7. The quantitative estimate of drug-likeness (QED) is 0.591. The molecule has 1 aliphatic rings.